The Balaban J connectivity index is 1.43. The lowest BCUT2D eigenvalue weighted by Gasteiger charge is -2.46. The van der Waals surface area contributed by atoms with Gasteiger partial charge >= 0.3 is 12.2 Å². The van der Waals surface area contributed by atoms with E-state index in [1.807, 2.05) is 0 Å². The summed E-state index contributed by atoms with van der Waals surface area (Å²) in [7, 11) is 0. The van der Waals surface area contributed by atoms with Crippen LogP contribution in [0.5, 0.6) is 0 Å². The van der Waals surface area contributed by atoms with Crippen LogP contribution in [0.3, 0.4) is 0 Å². The summed E-state index contributed by atoms with van der Waals surface area (Å²) in [5.41, 5.74) is -2.18. The molecule has 0 unspecified atom stereocenters. The van der Waals surface area contributed by atoms with Crippen molar-refractivity contribution in [1.82, 2.24) is 15.2 Å². The third-order valence-electron chi connectivity index (χ3n) is 8.11. The molecule has 40 heavy (non-hydrogen) atoms. The molecule has 1 saturated heterocycles. The third-order valence-corrected chi connectivity index (χ3v) is 8.34. The number of piperidine rings is 1. The highest BCUT2D eigenvalue weighted by atomic mass is 35.5. The summed E-state index contributed by atoms with van der Waals surface area (Å²) in [6, 6.07) is 10.9. The van der Waals surface area contributed by atoms with Gasteiger partial charge in [0, 0.05) is 35.7 Å². The molecule has 0 atom stereocenters. The van der Waals surface area contributed by atoms with Crippen LogP contribution < -0.4 is 10.6 Å². The molecule has 214 valence electrons. The number of likely N-dealkylation sites (tertiary alicyclic amines) is 1. The van der Waals surface area contributed by atoms with Gasteiger partial charge in [0.05, 0.1) is 16.7 Å². The number of carbonyl (C=O) groups is 1. The number of hydrogen-bond acceptors (Lipinski definition) is 4. The SMILES string of the molecule is O=C(NC1(CNc2cc(C(F)(F)F)nc3ccc(Cl)cc23)CCC(O)(c2ccc(F)cc2)CC1)N1CCCCC1. The molecule has 1 saturated carbocycles. The van der Waals surface area contributed by atoms with E-state index < -0.39 is 28.8 Å². The number of aromatic nitrogens is 1. The molecule has 0 radical (unpaired) electrons. The first kappa shape index (κ1) is 28.4. The first-order chi connectivity index (χ1) is 19.0. The van der Waals surface area contributed by atoms with Crippen molar-refractivity contribution in [3.63, 3.8) is 0 Å². The number of benzene rings is 2. The molecule has 2 aliphatic rings. The molecular formula is C29H31ClF4N4O2. The fraction of sp³-hybridized carbons (Fsp3) is 0.448. The fourth-order valence-electron chi connectivity index (χ4n) is 5.69. The molecule has 3 N–H and O–H groups in total. The number of hydrogen-bond donors (Lipinski definition) is 3. The van der Waals surface area contributed by atoms with Gasteiger partial charge in [-0.2, -0.15) is 13.2 Å². The van der Waals surface area contributed by atoms with Crippen molar-refractivity contribution in [1.29, 1.82) is 0 Å². The van der Waals surface area contributed by atoms with Crippen molar-refractivity contribution < 1.29 is 27.5 Å². The molecule has 0 spiro atoms. The van der Waals surface area contributed by atoms with Crippen LogP contribution in [0.15, 0.2) is 48.5 Å². The summed E-state index contributed by atoms with van der Waals surface area (Å²) in [4.78, 5) is 18.8. The van der Waals surface area contributed by atoms with E-state index in [4.69, 9.17) is 11.6 Å². The highest BCUT2D eigenvalue weighted by Gasteiger charge is 2.44. The smallest absolute Gasteiger partial charge is 0.385 e. The van der Waals surface area contributed by atoms with Gasteiger partial charge in [-0.3, -0.25) is 0 Å². The Morgan fingerprint density at radius 2 is 1.68 bits per heavy atom. The van der Waals surface area contributed by atoms with Crippen molar-refractivity contribution in [2.75, 3.05) is 25.0 Å². The molecule has 1 aromatic heterocycles. The second-order valence-corrected chi connectivity index (χ2v) is 11.3. The number of pyridine rings is 1. The van der Waals surface area contributed by atoms with E-state index in [-0.39, 0.29) is 36.6 Å². The minimum absolute atomic E-state index is 0.120. The number of anilines is 1. The minimum atomic E-state index is -4.65. The number of urea groups is 1. The number of carbonyl (C=O) groups excluding carboxylic acids is 1. The molecule has 3 aromatic rings. The Morgan fingerprint density at radius 3 is 2.33 bits per heavy atom. The molecular weight excluding hydrogens is 548 g/mol. The predicted molar refractivity (Wildman–Crippen MR) is 146 cm³/mol. The van der Waals surface area contributed by atoms with Crippen LogP contribution >= 0.6 is 11.6 Å². The molecule has 0 bridgehead atoms. The molecule has 2 aromatic carbocycles. The van der Waals surface area contributed by atoms with E-state index in [9.17, 15) is 27.5 Å². The van der Waals surface area contributed by atoms with Gasteiger partial charge < -0.3 is 20.6 Å². The van der Waals surface area contributed by atoms with Gasteiger partial charge in [0.25, 0.3) is 0 Å². The lowest BCUT2D eigenvalue weighted by atomic mass is 9.71. The zero-order chi connectivity index (χ0) is 28.5. The van der Waals surface area contributed by atoms with Gasteiger partial charge in [0.1, 0.15) is 11.5 Å². The first-order valence-electron chi connectivity index (χ1n) is 13.4. The van der Waals surface area contributed by atoms with Crippen molar-refractivity contribution in [3.8, 4) is 0 Å². The average Bonchev–Trinajstić information content (AvgIpc) is 2.93. The largest absolute Gasteiger partial charge is 0.433 e. The number of aliphatic hydroxyl groups is 1. The summed E-state index contributed by atoms with van der Waals surface area (Å²) >= 11 is 6.16. The molecule has 2 heterocycles. The maximum absolute atomic E-state index is 13.7. The van der Waals surface area contributed by atoms with Crippen LogP contribution in [0.1, 0.15) is 56.2 Å². The summed E-state index contributed by atoms with van der Waals surface area (Å²) < 4.78 is 54.5. The van der Waals surface area contributed by atoms with Crippen molar-refractivity contribution in [3.05, 3.63) is 70.6 Å². The lowest BCUT2D eigenvalue weighted by molar-refractivity contribution is -0.140. The number of halogens is 5. The zero-order valence-electron chi connectivity index (χ0n) is 21.8. The Bertz CT molecular complexity index is 1370. The predicted octanol–water partition coefficient (Wildman–Crippen LogP) is 6.85. The second-order valence-electron chi connectivity index (χ2n) is 10.9. The van der Waals surface area contributed by atoms with Gasteiger partial charge in [-0.15, -0.1) is 0 Å². The van der Waals surface area contributed by atoms with Gasteiger partial charge in [0.15, 0.2) is 0 Å². The van der Waals surface area contributed by atoms with Gasteiger partial charge in [0.2, 0.25) is 0 Å². The monoisotopic (exact) mass is 578 g/mol. The molecule has 6 nitrogen and oxygen atoms in total. The van der Waals surface area contributed by atoms with Crippen LogP contribution in [0.4, 0.5) is 28.0 Å². The number of nitrogens with one attached hydrogen (secondary N) is 2. The summed E-state index contributed by atoms with van der Waals surface area (Å²) in [6.45, 7) is 1.39. The van der Waals surface area contributed by atoms with Crippen molar-refractivity contribution in [2.45, 2.75) is 62.3 Å². The molecule has 11 heteroatoms. The van der Waals surface area contributed by atoms with Gasteiger partial charge in [-0.25, -0.2) is 14.2 Å². The summed E-state index contributed by atoms with van der Waals surface area (Å²) in [5.74, 6) is -0.404. The standard InChI is InChI=1S/C29H31ClF4N4O2/c30-20-6-9-23-22(16-20)24(17-25(36-23)29(32,33)34)35-18-27(37-26(39)38-14-2-1-3-15-38)10-12-28(40,13-11-27)19-4-7-21(31)8-5-19/h4-9,16-17,40H,1-3,10-15,18H2,(H,35,36)(H,37,39). The summed E-state index contributed by atoms with van der Waals surface area (Å²) in [5, 5.41) is 18.5. The van der Waals surface area contributed by atoms with Crippen LogP contribution in [-0.2, 0) is 11.8 Å². The first-order valence-corrected chi connectivity index (χ1v) is 13.8. The van der Waals surface area contributed by atoms with E-state index in [1.54, 1.807) is 23.1 Å². The third kappa shape index (κ3) is 6.12. The Hall–Kier alpha value is -3.11. The lowest BCUT2D eigenvalue weighted by Crippen LogP contribution is -2.60. The van der Waals surface area contributed by atoms with Crippen LogP contribution in [0.2, 0.25) is 5.02 Å². The zero-order valence-corrected chi connectivity index (χ0v) is 22.6. The van der Waals surface area contributed by atoms with E-state index in [1.165, 1.54) is 24.3 Å². The normalized spacial score (nSPS) is 23.7. The molecule has 1 aliphatic carbocycles. The molecule has 1 aliphatic heterocycles. The number of rotatable bonds is 5. The van der Waals surface area contributed by atoms with Crippen LogP contribution in [0.25, 0.3) is 10.9 Å². The van der Waals surface area contributed by atoms with E-state index in [0.29, 0.717) is 41.9 Å². The average molecular weight is 579 g/mol. The number of amides is 2. The highest BCUT2D eigenvalue weighted by Crippen LogP contribution is 2.42. The molecule has 5 rings (SSSR count). The molecule has 2 amide bonds. The number of alkyl halides is 3. The summed E-state index contributed by atoms with van der Waals surface area (Å²) in [6.07, 6.45) is -0.525. The maximum atomic E-state index is 13.7. The van der Waals surface area contributed by atoms with E-state index in [2.05, 4.69) is 15.6 Å². The quantitative estimate of drug-likeness (QED) is 0.289. The van der Waals surface area contributed by atoms with Crippen molar-refractivity contribution in [2.24, 2.45) is 0 Å². The van der Waals surface area contributed by atoms with Crippen LogP contribution in [-0.4, -0.2) is 46.2 Å². The van der Waals surface area contributed by atoms with Crippen LogP contribution in [0, 0.1) is 5.82 Å². The topological polar surface area (TPSA) is 77.5 Å². The highest BCUT2D eigenvalue weighted by molar-refractivity contribution is 6.31. The Labute approximate surface area is 234 Å². The second kappa shape index (κ2) is 11.0. The molecule has 2 fully saturated rings. The Kier molecular flexibility index (Phi) is 7.85. The fourth-order valence-corrected chi connectivity index (χ4v) is 5.87. The van der Waals surface area contributed by atoms with Gasteiger partial charge in [-0.05, 0) is 86.9 Å². The van der Waals surface area contributed by atoms with E-state index >= 15 is 0 Å². The van der Waals surface area contributed by atoms with Gasteiger partial charge in [-0.1, -0.05) is 23.7 Å². The Morgan fingerprint density at radius 1 is 1.00 bits per heavy atom. The number of nitrogens with zero attached hydrogens (tertiary/aromatic N) is 2. The van der Waals surface area contributed by atoms with Crippen molar-refractivity contribution >= 4 is 34.2 Å². The van der Waals surface area contributed by atoms with E-state index in [0.717, 1.165) is 25.3 Å². The number of fused-ring (bicyclic) bond motifs is 1. The minimum Gasteiger partial charge on any atom is -0.385 e. The maximum Gasteiger partial charge on any atom is 0.433 e.